The predicted octanol–water partition coefficient (Wildman–Crippen LogP) is 13.6. The van der Waals surface area contributed by atoms with Gasteiger partial charge >= 0.3 is 0 Å². The first-order chi connectivity index (χ1) is 26.7. The highest BCUT2D eigenvalue weighted by atomic mass is 32.1. The summed E-state index contributed by atoms with van der Waals surface area (Å²) in [4.78, 5) is 15.6. The van der Waals surface area contributed by atoms with Crippen molar-refractivity contribution in [1.29, 1.82) is 0 Å². The monoisotopic (exact) mass is 707 g/mol. The van der Waals surface area contributed by atoms with Crippen molar-refractivity contribution >= 4 is 64.4 Å². The number of hydrogen-bond acceptors (Lipinski definition) is 5. The lowest BCUT2D eigenvalue weighted by molar-refractivity contribution is 0.655. The minimum Gasteiger partial charge on any atom is -0.438 e. The van der Waals surface area contributed by atoms with E-state index in [0.29, 0.717) is 11.5 Å². The van der Waals surface area contributed by atoms with Crippen LogP contribution in [0.3, 0.4) is 0 Å². The first-order valence-corrected chi connectivity index (χ1v) is 18.8. The summed E-state index contributed by atoms with van der Waals surface area (Å²) in [6, 6.07) is 61.4. The normalized spacial score (nSPS) is 11.7. The number of furan rings is 1. The molecule has 0 amide bonds. The fourth-order valence-electron chi connectivity index (χ4n) is 7.74. The average molecular weight is 708 g/mol. The van der Waals surface area contributed by atoms with Crippen LogP contribution < -0.4 is 0 Å². The Balaban J connectivity index is 1.07. The molecule has 0 unspecified atom stereocenters. The number of fused-ring (bicyclic) bond motifs is 8. The van der Waals surface area contributed by atoms with Gasteiger partial charge in [-0.15, -0.1) is 11.3 Å². The molecule has 0 aliphatic carbocycles. The number of benzene rings is 7. The molecule has 0 atom stereocenters. The van der Waals surface area contributed by atoms with Crippen LogP contribution in [0.4, 0.5) is 0 Å². The van der Waals surface area contributed by atoms with Crippen LogP contribution in [0.2, 0.25) is 0 Å². The van der Waals surface area contributed by atoms with Gasteiger partial charge in [0.1, 0.15) is 5.58 Å². The fraction of sp³-hybridized carbons (Fsp3) is 0. The second-order valence-corrected chi connectivity index (χ2v) is 14.6. The van der Waals surface area contributed by atoms with Crippen LogP contribution in [0.5, 0.6) is 0 Å². The highest BCUT2D eigenvalue weighted by Gasteiger charge is 2.18. The molecule has 0 N–H and O–H groups in total. The highest BCUT2D eigenvalue weighted by molar-refractivity contribution is 7.26. The third-order valence-corrected chi connectivity index (χ3v) is 11.6. The van der Waals surface area contributed by atoms with Crippen LogP contribution in [0.1, 0.15) is 0 Å². The molecule has 0 saturated heterocycles. The number of pyridine rings is 1. The quantitative estimate of drug-likeness (QED) is 0.179. The van der Waals surface area contributed by atoms with Crippen LogP contribution in [-0.4, -0.2) is 15.0 Å². The average Bonchev–Trinajstić information content (AvgIpc) is 3.82. The van der Waals surface area contributed by atoms with Gasteiger partial charge in [-0.25, -0.2) is 15.0 Å². The first-order valence-electron chi connectivity index (χ1n) is 18.0. The molecule has 54 heavy (non-hydrogen) atoms. The van der Waals surface area contributed by atoms with Gasteiger partial charge in [-0.2, -0.15) is 0 Å². The van der Waals surface area contributed by atoms with Gasteiger partial charge in [-0.05, 0) is 40.8 Å². The zero-order valence-electron chi connectivity index (χ0n) is 28.9. The van der Waals surface area contributed by atoms with Crippen LogP contribution in [0.15, 0.2) is 180 Å². The van der Waals surface area contributed by atoms with Crippen molar-refractivity contribution in [2.75, 3.05) is 0 Å². The van der Waals surface area contributed by atoms with E-state index in [2.05, 4.69) is 152 Å². The maximum Gasteiger partial charge on any atom is 0.228 e. The molecule has 7 aromatic carbocycles. The summed E-state index contributed by atoms with van der Waals surface area (Å²) in [6.07, 6.45) is 0. The fourth-order valence-corrected chi connectivity index (χ4v) is 8.96. The Bertz CT molecular complexity index is 3220. The minimum atomic E-state index is 0.641. The summed E-state index contributed by atoms with van der Waals surface area (Å²) in [7, 11) is 0. The smallest absolute Gasteiger partial charge is 0.228 e. The molecule has 252 valence electrons. The molecule has 5 heteroatoms. The summed E-state index contributed by atoms with van der Waals surface area (Å²) in [6.45, 7) is 0. The summed E-state index contributed by atoms with van der Waals surface area (Å²) < 4.78 is 8.77. The SMILES string of the molecule is c1ccc(-c2cccc(-c3cc(-c4cccc5c4sc4ccccc45)nc(-c4ccc(-c5nc6oc7ccccc7c6c6ccccc56)cc4)n3)c2)cc1. The van der Waals surface area contributed by atoms with E-state index < -0.39 is 0 Å². The zero-order chi connectivity index (χ0) is 35.6. The van der Waals surface area contributed by atoms with Crippen LogP contribution >= 0.6 is 11.3 Å². The molecule has 0 bridgehead atoms. The van der Waals surface area contributed by atoms with E-state index in [9.17, 15) is 0 Å². The summed E-state index contributed by atoms with van der Waals surface area (Å²) in [5.41, 5.74) is 10.5. The van der Waals surface area contributed by atoms with E-state index in [0.717, 1.165) is 72.0 Å². The van der Waals surface area contributed by atoms with Gasteiger partial charge in [0.15, 0.2) is 5.82 Å². The van der Waals surface area contributed by atoms with Crippen molar-refractivity contribution in [3.63, 3.8) is 0 Å². The lowest BCUT2D eigenvalue weighted by atomic mass is 9.99. The van der Waals surface area contributed by atoms with Gasteiger partial charge in [-0.1, -0.05) is 152 Å². The van der Waals surface area contributed by atoms with Crippen molar-refractivity contribution in [3.8, 4) is 56.3 Å². The lowest BCUT2D eigenvalue weighted by Crippen LogP contribution is -1.96. The van der Waals surface area contributed by atoms with E-state index in [-0.39, 0.29) is 0 Å². The summed E-state index contributed by atoms with van der Waals surface area (Å²) in [5, 5.41) is 6.84. The Kier molecular flexibility index (Phi) is 7.00. The molecule has 0 fully saturated rings. The number of rotatable bonds is 5. The molecule has 0 spiro atoms. The van der Waals surface area contributed by atoms with E-state index >= 15 is 0 Å². The van der Waals surface area contributed by atoms with Gasteiger partial charge < -0.3 is 4.42 Å². The van der Waals surface area contributed by atoms with Crippen molar-refractivity contribution in [2.45, 2.75) is 0 Å². The molecule has 4 nitrogen and oxygen atoms in total. The molecule has 11 aromatic rings. The van der Waals surface area contributed by atoms with E-state index in [1.54, 1.807) is 0 Å². The second-order valence-electron chi connectivity index (χ2n) is 13.6. The molecule has 0 aliphatic rings. The second kappa shape index (κ2) is 12.3. The number of para-hydroxylation sites is 1. The van der Waals surface area contributed by atoms with Crippen molar-refractivity contribution in [3.05, 3.63) is 176 Å². The zero-order valence-corrected chi connectivity index (χ0v) is 29.7. The Labute approximate surface area is 314 Å². The van der Waals surface area contributed by atoms with E-state index in [4.69, 9.17) is 19.4 Å². The van der Waals surface area contributed by atoms with Gasteiger partial charge in [0.05, 0.1) is 22.5 Å². The Morgan fingerprint density at radius 3 is 1.93 bits per heavy atom. The third-order valence-electron chi connectivity index (χ3n) is 10.3. The van der Waals surface area contributed by atoms with Gasteiger partial charge in [0.2, 0.25) is 5.71 Å². The minimum absolute atomic E-state index is 0.641. The van der Waals surface area contributed by atoms with E-state index in [1.165, 1.54) is 25.7 Å². The van der Waals surface area contributed by atoms with Crippen molar-refractivity contribution in [2.24, 2.45) is 0 Å². The highest BCUT2D eigenvalue weighted by Crippen LogP contribution is 2.41. The Morgan fingerprint density at radius 2 is 1.06 bits per heavy atom. The Morgan fingerprint density at radius 1 is 0.407 bits per heavy atom. The van der Waals surface area contributed by atoms with Crippen LogP contribution in [0, 0.1) is 0 Å². The van der Waals surface area contributed by atoms with Crippen LogP contribution in [-0.2, 0) is 0 Å². The number of nitrogens with zero attached hydrogens (tertiary/aromatic N) is 3. The molecule has 4 aromatic heterocycles. The lowest BCUT2D eigenvalue weighted by Gasteiger charge is -2.12. The van der Waals surface area contributed by atoms with Crippen LogP contribution in [0.25, 0.3) is 109 Å². The number of thiophene rings is 1. The van der Waals surface area contributed by atoms with E-state index in [1.807, 2.05) is 35.6 Å². The molecular formula is C49H29N3OS. The Hall–Kier alpha value is -6.95. The van der Waals surface area contributed by atoms with Crippen molar-refractivity contribution < 1.29 is 4.42 Å². The largest absolute Gasteiger partial charge is 0.438 e. The topological polar surface area (TPSA) is 51.8 Å². The molecule has 11 rings (SSSR count). The molecule has 0 radical (unpaired) electrons. The molecule has 0 saturated carbocycles. The molecule has 4 heterocycles. The number of aromatic nitrogens is 3. The summed E-state index contributed by atoms with van der Waals surface area (Å²) >= 11 is 1.81. The first kappa shape index (κ1) is 30.7. The van der Waals surface area contributed by atoms with Gasteiger partial charge in [0.25, 0.3) is 0 Å². The molecule has 0 aliphatic heterocycles. The third kappa shape index (κ3) is 5.01. The predicted molar refractivity (Wildman–Crippen MR) is 225 cm³/mol. The van der Waals surface area contributed by atoms with Crippen molar-refractivity contribution in [1.82, 2.24) is 15.0 Å². The maximum atomic E-state index is 6.28. The summed E-state index contributed by atoms with van der Waals surface area (Å²) in [5.74, 6) is 0.669. The van der Waals surface area contributed by atoms with Gasteiger partial charge in [0, 0.05) is 53.2 Å². The number of hydrogen-bond donors (Lipinski definition) is 0. The standard InChI is InChI=1S/C49H29N3OS/c1-2-12-30(13-3-1)33-14-10-15-34(28-33)41-29-42(39-21-11-20-38-35-16-7-9-23-44(35)54-47(38)39)51-48(50-41)32-26-24-31(25-27-32)46-37-18-5-4-17-36(37)45-40-19-6-8-22-43(40)53-49(45)52-46/h1-29H. The maximum absolute atomic E-state index is 6.28. The molecular weight excluding hydrogens is 679 g/mol. The van der Waals surface area contributed by atoms with Gasteiger partial charge in [-0.3, -0.25) is 0 Å².